The van der Waals surface area contributed by atoms with Crippen molar-refractivity contribution < 1.29 is 23.9 Å². The number of piperidine rings is 1. The summed E-state index contributed by atoms with van der Waals surface area (Å²) in [6.45, 7) is 5.43. The van der Waals surface area contributed by atoms with Gasteiger partial charge in [0.1, 0.15) is 11.6 Å². The van der Waals surface area contributed by atoms with Crippen LogP contribution in [0.4, 0.5) is 4.79 Å². The molecule has 0 aromatic heterocycles. The lowest BCUT2D eigenvalue weighted by Crippen LogP contribution is -2.52. The molecule has 3 aliphatic rings. The number of carbonyl (C=O) groups excluding carboxylic acids is 3. The Morgan fingerprint density at radius 2 is 1.93 bits per heavy atom. The fourth-order valence-electron chi connectivity index (χ4n) is 4.79. The van der Waals surface area contributed by atoms with Gasteiger partial charge in [0.15, 0.2) is 6.10 Å². The molecule has 6 nitrogen and oxygen atoms in total. The highest BCUT2D eigenvalue weighted by molar-refractivity contribution is 9.10. The molecule has 4 rings (SSSR count). The van der Waals surface area contributed by atoms with E-state index in [1.54, 1.807) is 11.0 Å². The first kappa shape index (κ1) is 20.4. The number of fused-ring (bicyclic) bond motifs is 3. The van der Waals surface area contributed by atoms with Crippen molar-refractivity contribution in [1.82, 2.24) is 4.90 Å². The molecule has 0 spiro atoms. The van der Waals surface area contributed by atoms with Crippen LogP contribution >= 0.6 is 15.9 Å². The summed E-state index contributed by atoms with van der Waals surface area (Å²) >= 11 is 3.42. The molecule has 2 bridgehead atoms. The summed E-state index contributed by atoms with van der Waals surface area (Å²) in [4.78, 5) is 40.2. The average Bonchev–Trinajstić information content (AvgIpc) is 3.24. The second-order valence-electron chi connectivity index (χ2n) is 9.19. The number of nitrogens with zero attached hydrogens (tertiary/aromatic N) is 1. The molecule has 4 atom stereocenters. The second-order valence-corrected chi connectivity index (χ2v) is 10.1. The van der Waals surface area contributed by atoms with Crippen LogP contribution in [0, 0.1) is 5.92 Å². The van der Waals surface area contributed by atoms with Crippen molar-refractivity contribution >= 4 is 33.8 Å². The maximum atomic E-state index is 13.1. The highest BCUT2D eigenvalue weighted by Gasteiger charge is 2.53. The van der Waals surface area contributed by atoms with E-state index >= 15 is 0 Å². The number of ether oxygens (including phenoxy) is 2. The largest absolute Gasteiger partial charge is 0.452 e. The number of hydrogen-bond acceptors (Lipinski definition) is 5. The first-order chi connectivity index (χ1) is 13.6. The molecule has 1 aromatic rings. The summed E-state index contributed by atoms with van der Waals surface area (Å²) in [5.41, 5.74) is 0.936. The van der Waals surface area contributed by atoms with E-state index in [1.165, 1.54) is 0 Å². The van der Waals surface area contributed by atoms with Crippen molar-refractivity contribution in [3.63, 3.8) is 0 Å². The number of ketones is 1. The first-order valence-corrected chi connectivity index (χ1v) is 11.0. The van der Waals surface area contributed by atoms with Crippen molar-refractivity contribution in [2.45, 2.75) is 76.7 Å². The number of esters is 1. The number of rotatable bonds is 2. The molecule has 2 aliphatic carbocycles. The van der Waals surface area contributed by atoms with Gasteiger partial charge in [0.25, 0.3) is 0 Å². The lowest BCUT2D eigenvalue weighted by Gasteiger charge is -2.36. The van der Waals surface area contributed by atoms with Crippen LogP contribution in [-0.4, -0.2) is 46.5 Å². The topological polar surface area (TPSA) is 72.9 Å². The molecule has 0 N–H and O–H groups in total. The SMILES string of the molecule is CC(C)(C)OC(=O)N1C(C(=O)OC2CCc3cc(Br)ccc3C2=O)[C@H]2CC[C@@H]1C2. The fourth-order valence-corrected chi connectivity index (χ4v) is 5.20. The van der Waals surface area contributed by atoms with Gasteiger partial charge in [-0.3, -0.25) is 9.69 Å². The maximum absolute atomic E-state index is 13.1. The van der Waals surface area contributed by atoms with Crippen LogP contribution in [0.25, 0.3) is 0 Å². The number of hydrogen-bond donors (Lipinski definition) is 0. The van der Waals surface area contributed by atoms with Gasteiger partial charge in [-0.25, -0.2) is 9.59 Å². The zero-order valence-electron chi connectivity index (χ0n) is 16.9. The Hall–Kier alpha value is -1.89. The van der Waals surface area contributed by atoms with Crippen LogP contribution in [0.1, 0.15) is 62.4 Å². The summed E-state index contributed by atoms with van der Waals surface area (Å²) in [6.07, 6.45) is 2.41. The van der Waals surface area contributed by atoms with Crippen LogP contribution in [0.5, 0.6) is 0 Å². The van der Waals surface area contributed by atoms with E-state index in [0.29, 0.717) is 18.4 Å². The molecule has 1 aromatic carbocycles. The van der Waals surface area contributed by atoms with E-state index in [9.17, 15) is 14.4 Å². The fraction of sp³-hybridized carbons (Fsp3) is 0.591. The lowest BCUT2D eigenvalue weighted by molar-refractivity contribution is -0.155. The van der Waals surface area contributed by atoms with Crippen molar-refractivity contribution in [2.75, 3.05) is 0 Å². The molecule has 0 radical (unpaired) electrons. The summed E-state index contributed by atoms with van der Waals surface area (Å²) in [7, 11) is 0. The Morgan fingerprint density at radius 1 is 1.17 bits per heavy atom. The van der Waals surface area contributed by atoms with Crippen molar-refractivity contribution in [2.24, 2.45) is 5.92 Å². The normalized spacial score (nSPS) is 28.3. The molecule has 1 amide bonds. The van der Waals surface area contributed by atoms with Crippen molar-refractivity contribution in [1.29, 1.82) is 0 Å². The molecule has 1 aliphatic heterocycles. The van der Waals surface area contributed by atoms with Crippen LogP contribution in [0.15, 0.2) is 22.7 Å². The molecule has 1 saturated carbocycles. The van der Waals surface area contributed by atoms with Crippen LogP contribution in [0.2, 0.25) is 0 Å². The number of halogens is 1. The quantitative estimate of drug-likeness (QED) is 0.611. The number of likely N-dealkylation sites (tertiary alicyclic amines) is 1. The number of Topliss-reactive ketones (excluding diaryl/α,β-unsaturated/α-hetero) is 1. The van der Waals surface area contributed by atoms with Crippen molar-refractivity contribution in [3.05, 3.63) is 33.8 Å². The van der Waals surface area contributed by atoms with Gasteiger partial charge >= 0.3 is 12.1 Å². The van der Waals surface area contributed by atoms with Crippen LogP contribution in [-0.2, 0) is 20.7 Å². The van der Waals surface area contributed by atoms with Crippen molar-refractivity contribution in [3.8, 4) is 0 Å². The number of aryl methyl sites for hydroxylation is 1. The van der Waals surface area contributed by atoms with Gasteiger partial charge in [0, 0.05) is 16.1 Å². The Bertz CT molecular complexity index is 861. The molecule has 1 heterocycles. The molecule has 29 heavy (non-hydrogen) atoms. The van der Waals surface area contributed by atoms with E-state index in [2.05, 4.69) is 15.9 Å². The Morgan fingerprint density at radius 3 is 2.66 bits per heavy atom. The first-order valence-electron chi connectivity index (χ1n) is 10.2. The molecule has 7 heteroatoms. The van der Waals surface area contributed by atoms with Gasteiger partial charge in [-0.1, -0.05) is 15.9 Å². The van der Waals surface area contributed by atoms with Crippen LogP contribution in [0.3, 0.4) is 0 Å². The summed E-state index contributed by atoms with van der Waals surface area (Å²) < 4.78 is 12.1. The third-order valence-corrected chi connectivity index (χ3v) is 6.48. The minimum Gasteiger partial charge on any atom is -0.452 e. The van der Waals surface area contributed by atoms with E-state index < -0.39 is 29.8 Å². The summed E-state index contributed by atoms with van der Waals surface area (Å²) in [5, 5.41) is 0. The smallest absolute Gasteiger partial charge is 0.411 e. The average molecular weight is 464 g/mol. The zero-order chi connectivity index (χ0) is 20.9. The summed E-state index contributed by atoms with van der Waals surface area (Å²) in [6, 6.07) is 4.87. The molecule has 2 unspecified atom stereocenters. The third-order valence-electron chi connectivity index (χ3n) is 5.99. The molecule has 1 saturated heterocycles. The van der Waals surface area contributed by atoms with Gasteiger partial charge in [-0.05, 0) is 82.6 Å². The Labute approximate surface area is 179 Å². The minimum atomic E-state index is -0.796. The number of benzene rings is 1. The van der Waals surface area contributed by atoms with Gasteiger partial charge < -0.3 is 9.47 Å². The minimum absolute atomic E-state index is 0.00698. The molecular formula is C22H26BrNO5. The molecule has 2 fully saturated rings. The van der Waals surface area contributed by atoms with Crippen LogP contribution < -0.4 is 0 Å². The Balaban J connectivity index is 1.49. The van der Waals surface area contributed by atoms with Gasteiger partial charge in [0.2, 0.25) is 5.78 Å². The highest BCUT2D eigenvalue weighted by atomic mass is 79.9. The van der Waals surface area contributed by atoms with E-state index in [0.717, 1.165) is 29.3 Å². The van der Waals surface area contributed by atoms with E-state index in [1.807, 2.05) is 32.9 Å². The third kappa shape index (κ3) is 3.93. The monoisotopic (exact) mass is 463 g/mol. The van der Waals surface area contributed by atoms with Gasteiger partial charge in [-0.2, -0.15) is 0 Å². The molecule has 156 valence electrons. The highest BCUT2D eigenvalue weighted by Crippen LogP contribution is 2.44. The molecular weight excluding hydrogens is 438 g/mol. The van der Waals surface area contributed by atoms with E-state index in [4.69, 9.17) is 9.47 Å². The number of amides is 1. The van der Waals surface area contributed by atoms with Gasteiger partial charge in [-0.15, -0.1) is 0 Å². The van der Waals surface area contributed by atoms with Gasteiger partial charge in [0.05, 0.1) is 0 Å². The predicted octanol–water partition coefficient (Wildman–Crippen LogP) is 4.28. The summed E-state index contributed by atoms with van der Waals surface area (Å²) in [5.74, 6) is -0.581. The second kappa shape index (κ2) is 7.42. The maximum Gasteiger partial charge on any atom is 0.411 e. The predicted molar refractivity (Wildman–Crippen MR) is 110 cm³/mol. The standard InChI is InChI=1S/C22H26BrNO5/c1-22(2,3)29-21(27)24-15-7-4-13(11-15)18(24)20(26)28-17-9-5-12-10-14(23)6-8-16(12)19(17)25/h6,8,10,13,15,17-18H,4-5,7,9,11H2,1-3H3/t13-,15+,17?,18?/m0/s1. The Kier molecular flexibility index (Phi) is 5.21. The lowest BCUT2D eigenvalue weighted by atomic mass is 9.88. The zero-order valence-corrected chi connectivity index (χ0v) is 18.5. The number of carbonyl (C=O) groups is 3. The van der Waals surface area contributed by atoms with E-state index in [-0.39, 0.29) is 17.7 Å².